The molecule has 3 aliphatic heterocycles. The minimum atomic E-state index is -1.14. The number of epoxide rings is 2. The maximum Gasteiger partial charge on any atom is 0.334 e. The summed E-state index contributed by atoms with van der Waals surface area (Å²) in [7, 11) is 0. The second-order valence-corrected chi connectivity index (χ2v) is 7.93. The highest BCUT2D eigenvalue weighted by Gasteiger charge is 2.68. The molecule has 4 aliphatic rings. The van der Waals surface area contributed by atoms with Gasteiger partial charge in [0.2, 0.25) is 0 Å². The van der Waals surface area contributed by atoms with E-state index in [1.807, 2.05) is 6.92 Å². The standard InChI is InChI=1S/C20H24O7/c1-6-8(2)18(22)24-11-7-20(5)17(27-20)16-14(25-16)10(4)13(21)15-12(11)9(3)19(23)26-15/h6,11-17,21H,3-4,7H2,1-2,5H3/b8-6-/t11-,12+,13+,14-,15-,16-,17+,20?/m0/s1. The summed E-state index contributed by atoms with van der Waals surface area (Å²) in [6.45, 7) is 13.1. The molecule has 146 valence electrons. The van der Waals surface area contributed by atoms with Crippen LogP contribution < -0.4 is 0 Å². The fourth-order valence-electron chi connectivity index (χ4n) is 4.16. The second kappa shape index (κ2) is 6.02. The van der Waals surface area contributed by atoms with Gasteiger partial charge in [-0.3, -0.25) is 0 Å². The predicted molar refractivity (Wildman–Crippen MR) is 93.5 cm³/mol. The molecule has 7 nitrogen and oxygen atoms in total. The zero-order valence-corrected chi connectivity index (χ0v) is 15.6. The first-order valence-electron chi connectivity index (χ1n) is 9.11. The van der Waals surface area contributed by atoms with Gasteiger partial charge in [-0.05, 0) is 26.3 Å². The Kier molecular flexibility index (Phi) is 4.10. The predicted octanol–water partition coefficient (Wildman–Crippen LogP) is 1.21. The van der Waals surface area contributed by atoms with Gasteiger partial charge in [-0.15, -0.1) is 0 Å². The van der Waals surface area contributed by atoms with E-state index < -0.39 is 41.8 Å². The van der Waals surface area contributed by atoms with Gasteiger partial charge in [0.1, 0.15) is 36.6 Å². The minimum Gasteiger partial charge on any atom is -0.458 e. The minimum absolute atomic E-state index is 0.168. The molecule has 8 atom stereocenters. The Morgan fingerprint density at radius 3 is 2.74 bits per heavy atom. The van der Waals surface area contributed by atoms with E-state index in [4.69, 9.17) is 18.9 Å². The fourth-order valence-corrected chi connectivity index (χ4v) is 4.16. The van der Waals surface area contributed by atoms with Crippen LogP contribution in [-0.2, 0) is 28.5 Å². The van der Waals surface area contributed by atoms with E-state index in [1.54, 1.807) is 19.9 Å². The quantitative estimate of drug-likeness (QED) is 0.335. The SMILES string of the molecule is C=C1C(=O)O[C@H]2[C@H]1[C@@H](OC(=O)/C(C)=C\C)CC1(C)O[C@@H]1[C@H]1O[C@H]1C(=C)[C@H]2O. The van der Waals surface area contributed by atoms with Gasteiger partial charge in [-0.1, -0.05) is 19.2 Å². The Balaban J connectivity index is 1.70. The molecule has 1 N–H and O–H groups in total. The molecular weight excluding hydrogens is 352 g/mol. The first-order valence-corrected chi connectivity index (χ1v) is 9.11. The van der Waals surface area contributed by atoms with Crippen LogP contribution in [0, 0.1) is 5.92 Å². The molecule has 0 amide bonds. The van der Waals surface area contributed by atoms with Gasteiger partial charge in [0, 0.05) is 17.6 Å². The molecule has 4 fully saturated rings. The van der Waals surface area contributed by atoms with Crippen LogP contribution in [0.4, 0.5) is 0 Å². The van der Waals surface area contributed by atoms with E-state index in [-0.39, 0.29) is 23.9 Å². The summed E-state index contributed by atoms with van der Waals surface area (Å²) in [5.41, 5.74) is 0.519. The second-order valence-electron chi connectivity index (χ2n) is 7.93. The zero-order chi connectivity index (χ0) is 19.7. The summed E-state index contributed by atoms with van der Waals surface area (Å²) < 4.78 is 22.7. The van der Waals surface area contributed by atoms with Gasteiger partial charge in [0.05, 0.1) is 11.5 Å². The third-order valence-corrected chi connectivity index (χ3v) is 6.10. The molecule has 0 aromatic carbocycles. The first-order chi connectivity index (χ1) is 12.7. The van der Waals surface area contributed by atoms with E-state index in [9.17, 15) is 14.7 Å². The smallest absolute Gasteiger partial charge is 0.334 e. The number of esters is 2. The molecular formula is C20H24O7. The summed E-state index contributed by atoms with van der Waals surface area (Å²) in [5, 5.41) is 10.8. The van der Waals surface area contributed by atoms with Crippen LogP contribution in [0.25, 0.3) is 0 Å². The van der Waals surface area contributed by atoms with E-state index in [0.29, 0.717) is 17.6 Å². The van der Waals surface area contributed by atoms with E-state index in [0.717, 1.165) is 0 Å². The number of hydrogen-bond donors (Lipinski definition) is 1. The van der Waals surface area contributed by atoms with Gasteiger partial charge < -0.3 is 24.1 Å². The molecule has 27 heavy (non-hydrogen) atoms. The number of carbonyl (C=O) groups excluding carboxylic acids is 2. The lowest BCUT2D eigenvalue weighted by Gasteiger charge is -2.31. The summed E-state index contributed by atoms with van der Waals surface area (Å²) >= 11 is 0. The molecule has 7 heteroatoms. The number of fused-ring (bicyclic) bond motifs is 4. The number of carbonyl (C=O) groups is 2. The van der Waals surface area contributed by atoms with Crippen molar-refractivity contribution in [3.05, 3.63) is 36.0 Å². The number of hydrogen-bond acceptors (Lipinski definition) is 7. The monoisotopic (exact) mass is 376 g/mol. The Morgan fingerprint density at radius 1 is 1.37 bits per heavy atom. The van der Waals surface area contributed by atoms with Crippen molar-refractivity contribution in [3.8, 4) is 0 Å². The van der Waals surface area contributed by atoms with Gasteiger partial charge in [0.25, 0.3) is 0 Å². The molecule has 1 saturated carbocycles. The zero-order valence-electron chi connectivity index (χ0n) is 15.6. The lowest BCUT2D eigenvalue weighted by Crippen LogP contribution is -2.44. The summed E-state index contributed by atoms with van der Waals surface area (Å²) in [6.07, 6.45) is -1.48. The molecule has 1 unspecified atom stereocenters. The van der Waals surface area contributed by atoms with Crippen molar-refractivity contribution in [1.29, 1.82) is 0 Å². The van der Waals surface area contributed by atoms with Crippen LogP contribution in [-0.4, -0.2) is 59.3 Å². The molecule has 0 aromatic heterocycles. The highest BCUT2D eigenvalue weighted by molar-refractivity contribution is 5.91. The molecule has 3 saturated heterocycles. The lowest BCUT2D eigenvalue weighted by molar-refractivity contribution is -0.151. The molecule has 0 bridgehead atoms. The molecule has 1 aliphatic carbocycles. The highest BCUT2D eigenvalue weighted by Crippen LogP contribution is 2.54. The maximum atomic E-state index is 12.4. The van der Waals surface area contributed by atoms with Crippen molar-refractivity contribution in [2.24, 2.45) is 5.92 Å². The van der Waals surface area contributed by atoms with E-state index in [2.05, 4.69) is 13.2 Å². The Labute approximate surface area is 157 Å². The molecule has 3 heterocycles. The largest absolute Gasteiger partial charge is 0.458 e. The molecule has 0 aromatic rings. The Bertz CT molecular complexity index is 768. The normalized spacial score (nSPS) is 46.0. The summed E-state index contributed by atoms with van der Waals surface area (Å²) in [6, 6.07) is 0. The van der Waals surface area contributed by atoms with Crippen molar-refractivity contribution >= 4 is 11.9 Å². The van der Waals surface area contributed by atoms with Crippen LogP contribution in [0.1, 0.15) is 27.2 Å². The number of allylic oxidation sites excluding steroid dienone is 1. The van der Waals surface area contributed by atoms with Gasteiger partial charge >= 0.3 is 11.9 Å². The van der Waals surface area contributed by atoms with Crippen molar-refractivity contribution < 1.29 is 33.6 Å². The van der Waals surface area contributed by atoms with Crippen LogP contribution in [0.5, 0.6) is 0 Å². The van der Waals surface area contributed by atoms with Gasteiger partial charge in [0.15, 0.2) is 0 Å². The highest BCUT2D eigenvalue weighted by atomic mass is 16.7. The molecule has 0 radical (unpaired) electrons. The average molecular weight is 376 g/mol. The summed E-state index contributed by atoms with van der Waals surface area (Å²) in [4.78, 5) is 24.6. The van der Waals surface area contributed by atoms with Gasteiger partial charge in [-0.2, -0.15) is 0 Å². The average Bonchev–Trinajstić information content (AvgIpc) is 3.51. The maximum absolute atomic E-state index is 12.4. The fraction of sp³-hybridized carbons (Fsp3) is 0.600. The third-order valence-electron chi connectivity index (χ3n) is 6.10. The topological polar surface area (TPSA) is 97.9 Å². The lowest BCUT2D eigenvalue weighted by atomic mass is 9.79. The van der Waals surface area contributed by atoms with Crippen LogP contribution in [0.15, 0.2) is 36.0 Å². The van der Waals surface area contributed by atoms with Crippen molar-refractivity contribution in [3.63, 3.8) is 0 Å². The Hall–Kier alpha value is -1.96. The van der Waals surface area contributed by atoms with E-state index in [1.165, 1.54) is 0 Å². The first kappa shape index (κ1) is 18.4. The number of ether oxygens (including phenoxy) is 4. The van der Waals surface area contributed by atoms with Crippen molar-refractivity contribution in [2.45, 2.75) is 69.4 Å². The molecule has 0 spiro atoms. The van der Waals surface area contributed by atoms with Crippen LogP contribution in [0.3, 0.4) is 0 Å². The molecule has 4 rings (SSSR count). The van der Waals surface area contributed by atoms with Crippen LogP contribution in [0.2, 0.25) is 0 Å². The van der Waals surface area contributed by atoms with Crippen molar-refractivity contribution in [1.82, 2.24) is 0 Å². The Morgan fingerprint density at radius 2 is 2.07 bits per heavy atom. The number of aliphatic hydroxyl groups is 1. The summed E-state index contributed by atoms with van der Waals surface area (Å²) in [5.74, 6) is -1.78. The van der Waals surface area contributed by atoms with E-state index >= 15 is 0 Å². The number of rotatable bonds is 2. The van der Waals surface area contributed by atoms with Crippen LogP contribution >= 0.6 is 0 Å². The third kappa shape index (κ3) is 2.85. The van der Waals surface area contributed by atoms with Gasteiger partial charge in [-0.25, -0.2) is 9.59 Å². The van der Waals surface area contributed by atoms with Crippen molar-refractivity contribution in [2.75, 3.05) is 0 Å². The number of aliphatic hydroxyl groups excluding tert-OH is 1.